The molecule has 0 aliphatic heterocycles. The number of thiophene rings is 1. The van der Waals surface area contributed by atoms with Gasteiger partial charge >= 0.3 is 0 Å². The van der Waals surface area contributed by atoms with Crippen LogP contribution in [0.4, 0.5) is 0 Å². The van der Waals surface area contributed by atoms with Crippen LogP contribution in [0, 0.1) is 0 Å². The molecule has 0 atom stereocenters. The van der Waals surface area contributed by atoms with Crippen LogP contribution in [0.1, 0.15) is 31.6 Å². The predicted molar refractivity (Wildman–Crippen MR) is 75.8 cm³/mol. The van der Waals surface area contributed by atoms with Gasteiger partial charge in [0.2, 0.25) is 0 Å². The maximum absolute atomic E-state index is 3.52. The minimum absolute atomic E-state index is 0.607. The van der Waals surface area contributed by atoms with E-state index in [0.717, 1.165) is 6.54 Å². The summed E-state index contributed by atoms with van der Waals surface area (Å²) in [5.74, 6) is 0. The molecule has 0 radical (unpaired) electrons. The molecule has 0 amide bonds. The molecule has 1 aromatic heterocycles. The molecule has 0 fully saturated rings. The van der Waals surface area contributed by atoms with Crippen molar-refractivity contribution in [3.63, 3.8) is 0 Å². The van der Waals surface area contributed by atoms with Gasteiger partial charge in [-0.1, -0.05) is 13.8 Å². The monoisotopic (exact) mass is 353 g/mol. The zero-order chi connectivity index (χ0) is 11.3. The average Bonchev–Trinajstić information content (AvgIpc) is 2.45. The summed E-state index contributed by atoms with van der Waals surface area (Å²) in [5, 5.41) is 3.43. The van der Waals surface area contributed by atoms with Gasteiger partial charge in [0.25, 0.3) is 0 Å². The van der Waals surface area contributed by atoms with Crippen molar-refractivity contribution >= 4 is 43.2 Å². The van der Waals surface area contributed by atoms with Crippen molar-refractivity contribution < 1.29 is 0 Å². The molecule has 86 valence electrons. The second-order valence-corrected chi connectivity index (χ2v) is 7.21. The maximum Gasteiger partial charge on any atom is 0.0843 e. The maximum atomic E-state index is 3.52. The molecule has 4 heteroatoms. The second-order valence-electron chi connectivity index (χ2n) is 3.90. The molecule has 0 unspecified atom stereocenters. The van der Waals surface area contributed by atoms with E-state index < -0.39 is 0 Å². The third-order valence-electron chi connectivity index (χ3n) is 2.10. The van der Waals surface area contributed by atoms with Crippen molar-refractivity contribution in [3.8, 4) is 0 Å². The summed E-state index contributed by atoms with van der Waals surface area (Å²) in [5.41, 5.74) is 0. The molecule has 1 nitrogen and oxygen atoms in total. The van der Waals surface area contributed by atoms with Gasteiger partial charge in [0.05, 0.1) is 3.79 Å². The highest BCUT2D eigenvalue weighted by molar-refractivity contribution is 9.13. The van der Waals surface area contributed by atoms with Crippen molar-refractivity contribution in [2.45, 2.75) is 39.2 Å². The smallest absolute Gasteiger partial charge is 0.0843 e. The number of hydrogen-bond acceptors (Lipinski definition) is 2. The van der Waals surface area contributed by atoms with Gasteiger partial charge in [-0.15, -0.1) is 11.3 Å². The Morgan fingerprint density at radius 1 is 1.33 bits per heavy atom. The third-order valence-corrected chi connectivity index (χ3v) is 5.41. The molecule has 0 aliphatic rings. The Hall–Kier alpha value is 0.620. The van der Waals surface area contributed by atoms with Crippen LogP contribution in [0.15, 0.2) is 14.3 Å². The fourth-order valence-electron chi connectivity index (χ4n) is 1.33. The molecule has 0 bridgehead atoms. The minimum Gasteiger partial charge on any atom is -0.315 e. The molecular weight excluding hydrogens is 338 g/mol. The summed E-state index contributed by atoms with van der Waals surface area (Å²) in [6, 6.07) is 2.82. The fourth-order valence-corrected chi connectivity index (χ4v) is 3.55. The van der Waals surface area contributed by atoms with E-state index >= 15 is 0 Å². The lowest BCUT2D eigenvalue weighted by Crippen LogP contribution is -2.23. The number of hydrogen-bond donors (Lipinski definition) is 1. The number of unbranched alkanes of at least 4 members (excludes halogenated alkanes) is 1. The first-order valence-corrected chi connectivity index (χ1v) is 7.67. The van der Waals surface area contributed by atoms with Gasteiger partial charge < -0.3 is 5.32 Å². The van der Waals surface area contributed by atoms with Crippen LogP contribution in [-0.2, 0) is 6.42 Å². The van der Waals surface area contributed by atoms with Gasteiger partial charge in [-0.3, -0.25) is 0 Å². The highest BCUT2D eigenvalue weighted by Crippen LogP contribution is 2.32. The average molecular weight is 355 g/mol. The van der Waals surface area contributed by atoms with E-state index in [1.54, 1.807) is 0 Å². The van der Waals surface area contributed by atoms with E-state index in [1.165, 1.54) is 32.4 Å². The van der Waals surface area contributed by atoms with Crippen LogP contribution < -0.4 is 5.32 Å². The highest BCUT2D eigenvalue weighted by atomic mass is 79.9. The zero-order valence-electron chi connectivity index (χ0n) is 9.15. The predicted octanol–water partition coefficient (Wildman–Crippen LogP) is 4.59. The second kappa shape index (κ2) is 7.05. The van der Waals surface area contributed by atoms with Crippen molar-refractivity contribution in [3.05, 3.63) is 19.2 Å². The summed E-state index contributed by atoms with van der Waals surface area (Å²) >= 11 is 8.85. The largest absolute Gasteiger partial charge is 0.315 e. The summed E-state index contributed by atoms with van der Waals surface area (Å²) < 4.78 is 2.39. The van der Waals surface area contributed by atoms with Gasteiger partial charge in [0.15, 0.2) is 0 Å². The summed E-state index contributed by atoms with van der Waals surface area (Å²) in [6.45, 7) is 5.51. The fraction of sp³-hybridized carbons (Fsp3) is 0.636. The lowest BCUT2D eigenvalue weighted by molar-refractivity contribution is 0.558. The first kappa shape index (κ1) is 13.7. The Bertz CT molecular complexity index is 277. The van der Waals surface area contributed by atoms with Gasteiger partial charge in [-0.25, -0.2) is 0 Å². The Morgan fingerprint density at radius 2 is 2.07 bits per heavy atom. The number of aryl methyl sites for hydroxylation is 1. The molecule has 0 saturated carbocycles. The summed E-state index contributed by atoms with van der Waals surface area (Å²) in [4.78, 5) is 1.46. The molecule has 0 spiro atoms. The van der Waals surface area contributed by atoms with Crippen LogP contribution in [0.3, 0.4) is 0 Å². The van der Waals surface area contributed by atoms with Crippen LogP contribution in [0.5, 0.6) is 0 Å². The van der Waals surface area contributed by atoms with Gasteiger partial charge in [0, 0.05) is 15.4 Å². The van der Waals surface area contributed by atoms with Crippen LogP contribution in [-0.4, -0.2) is 12.6 Å². The van der Waals surface area contributed by atoms with Crippen LogP contribution >= 0.6 is 43.2 Å². The Morgan fingerprint density at radius 3 is 2.60 bits per heavy atom. The van der Waals surface area contributed by atoms with E-state index in [9.17, 15) is 0 Å². The van der Waals surface area contributed by atoms with E-state index in [2.05, 4.69) is 57.1 Å². The van der Waals surface area contributed by atoms with E-state index in [-0.39, 0.29) is 0 Å². The molecule has 0 aromatic carbocycles. The summed E-state index contributed by atoms with van der Waals surface area (Å²) in [7, 11) is 0. The minimum atomic E-state index is 0.607. The quantitative estimate of drug-likeness (QED) is 0.736. The molecule has 15 heavy (non-hydrogen) atoms. The van der Waals surface area contributed by atoms with Gasteiger partial charge in [-0.05, 0) is 63.7 Å². The van der Waals surface area contributed by atoms with Crippen LogP contribution in [0.2, 0.25) is 0 Å². The van der Waals surface area contributed by atoms with E-state index in [4.69, 9.17) is 0 Å². The van der Waals surface area contributed by atoms with E-state index in [1.807, 2.05) is 11.3 Å². The number of nitrogens with one attached hydrogen (secondary N) is 1. The number of halogens is 2. The third kappa shape index (κ3) is 5.48. The van der Waals surface area contributed by atoms with Gasteiger partial charge in [-0.2, -0.15) is 0 Å². The zero-order valence-corrected chi connectivity index (χ0v) is 13.1. The Kier molecular flexibility index (Phi) is 6.43. The molecule has 1 aromatic rings. The first-order chi connectivity index (χ1) is 7.09. The molecule has 1 N–H and O–H groups in total. The van der Waals surface area contributed by atoms with E-state index in [0.29, 0.717) is 6.04 Å². The molecule has 1 heterocycles. The van der Waals surface area contributed by atoms with Crippen molar-refractivity contribution in [2.24, 2.45) is 0 Å². The highest BCUT2D eigenvalue weighted by Gasteiger charge is 2.03. The standard InChI is InChI=1S/C11H17Br2NS/c1-8(2)14-6-4-3-5-9-7-10(12)11(13)15-9/h7-8,14H,3-6H2,1-2H3. The molecular formula is C11H17Br2NS. The van der Waals surface area contributed by atoms with Gasteiger partial charge in [0.1, 0.15) is 0 Å². The Balaban J connectivity index is 2.15. The first-order valence-electron chi connectivity index (χ1n) is 5.26. The van der Waals surface area contributed by atoms with Crippen molar-refractivity contribution in [1.82, 2.24) is 5.32 Å². The van der Waals surface area contributed by atoms with Crippen LogP contribution in [0.25, 0.3) is 0 Å². The van der Waals surface area contributed by atoms with Crippen molar-refractivity contribution in [2.75, 3.05) is 6.54 Å². The molecule has 0 aliphatic carbocycles. The van der Waals surface area contributed by atoms with Crippen molar-refractivity contribution in [1.29, 1.82) is 0 Å². The summed E-state index contributed by atoms with van der Waals surface area (Å²) in [6.07, 6.45) is 3.71. The normalized spacial score (nSPS) is 11.3. The topological polar surface area (TPSA) is 12.0 Å². The lowest BCUT2D eigenvalue weighted by atomic mass is 10.2. The SMILES string of the molecule is CC(C)NCCCCc1cc(Br)c(Br)s1. The lowest BCUT2D eigenvalue weighted by Gasteiger charge is -2.06. The Labute approximate surface area is 113 Å². The molecule has 0 saturated heterocycles. The number of rotatable bonds is 6. The molecule has 1 rings (SSSR count).